The average Bonchev–Trinajstić information content (AvgIpc) is 2.97. The van der Waals surface area contributed by atoms with Gasteiger partial charge in [0.05, 0.1) is 17.5 Å². The number of piperidine rings is 1. The summed E-state index contributed by atoms with van der Waals surface area (Å²) in [4.78, 5) is 40.9. The minimum absolute atomic E-state index is 0.290. The molecule has 1 aromatic carbocycles. The second-order valence-electron chi connectivity index (χ2n) is 9.34. The van der Waals surface area contributed by atoms with Crippen LogP contribution in [0, 0.1) is 6.57 Å². The van der Waals surface area contributed by atoms with Gasteiger partial charge < -0.3 is 5.11 Å². The van der Waals surface area contributed by atoms with Crippen molar-refractivity contribution in [3.63, 3.8) is 0 Å². The summed E-state index contributed by atoms with van der Waals surface area (Å²) in [5.74, 6) is -1.37. The molecule has 2 saturated heterocycles. The normalized spacial score (nSPS) is 29.8. The van der Waals surface area contributed by atoms with Crippen LogP contribution in [0.4, 0.5) is 0 Å². The first-order valence-electron chi connectivity index (χ1n) is 11.2. The Kier molecular flexibility index (Phi) is 5.21. The van der Waals surface area contributed by atoms with E-state index in [4.69, 9.17) is 6.57 Å². The summed E-state index contributed by atoms with van der Waals surface area (Å²) in [5.41, 5.74) is -2.39. The molecule has 2 aromatic rings. The van der Waals surface area contributed by atoms with Gasteiger partial charge in [0.15, 0.2) is 0 Å². The first-order valence-corrected chi connectivity index (χ1v) is 11.2. The van der Waals surface area contributed by atoms with E-state index in [0.29, 0.717) is 23.9 Å². The summed E-state index contributed by atoms with van der Waals surface area (Å²) >= 11 is 0. The molecule has 0 unspecified atom stereocenters. The summed E-state index contributed by atoms with van der Waals surface area (Å²) < 4.78 is 1.49. The van der Waals surface area contributed by atoms with E-state index in [9.17, 15) is 14.7 Å². The van der Waals surface area contributed by atoms with Crippen LogP contribution in [0.1, 0.15) is 69.8 Å². The fourth-order valence-electron chi connectivity index (χ4n) is 6.32. The zero-order chi connectivity index (χ0) is 23.3. The van der Waals surface area contributed by atoms with E-state index in [0.717, 1.165) is 25.7 Å². The molecule has 0 radical (unpaired) electrons. The molecule has 8 nitrogen and oxygen atoms in total. The Morgan fingerprint density at radius 1 is 1.31 bits per heavy atom. The van der Waals surface area contributed by atoms with Crippen molar-refractivity contribution in [2.75, 3.05) is 0 Å². The van der Waals surface area contributed by atoms with Crippen molar-refractivity contribution in [2.24, 2.45) is 4.99 Å². The monoisotopic (exact) mass is 436 g/mol. The molecule has 2 aliphatic rings. The molecule has 0 saturated carbocycles. The lowest BCUT2D eigenvalue weighted by atomic mass is 9.78. The number of hydrogen-bond acceptors (Lipinski definition) is 5. The van der Waals surface area contributed by atoms with Crippen molar-refractivity contribution < 1.29 is 9.90 Å². The standard InChI is InChI=1S/C24H29N5O3/c1-6-16(7-2)29-22(3)12-13-23(29,25-4)15-24(14-22,26-5)28-18-11-9-8-10-17(18)27-19(20(28)30)21(31)32/h4,8-11,16H,5-7,12-15H2,1-3H3/p+1/t22-,23+,24+/m0/s1. The molecule has 0 spiro atoms. The van der Waals surface area contributed by atoms with E-state index in [1.807, 2.05) is 0 Å². The molecule has 2 fully saturated rings. The van der Waals surface area contributed by atoms with Gasteiger partial charge in [0.2, 0.25) is 5.69 Å². The zero-order valence-electron chi connectivity index (χ0n) is 18.9. The number of hydrogen-bond donors (Lipinski definition) is 1. The lowest BCUT2D eigenvalue weighted by Gasteiger charge is -2.52. The molecule has 0 amide bonds. The largest absolute Gasteiger partial charge is 0.476 e. The number of carboxylic acid groups (broad SMARTS) is 1. The van der Waals surface area contributed by atoms with Crippen LogP contribution in [-0.4, -0.2) is 49.5 Å². The van der Waals surface area contributed by atoms with Crippen LogP contribution >= 0.6 is 0 Å². The van der Waals surface area contributed by atoms with E-state index in [1.165, 1.54) is 4.57 Å². The molecular formula is C24H30N5O3+. The summed E-state index contributed by atoms with van der Waals surface area (Å²) in [5, 5.41) is 9.68. The summed E-state index contributed by atoms with van der Waals surface area (Å²) in [6.45, 7) is 16.5. The van der Waals surface area contributed by atoms with Gasteiger partial charge in [-0.1, -0.05) is 30.8 Å². The predicted molar refractivity (Wildman–Crippen MR) is 125 cm³/mol. The van der Waals surface area contributed by atoms with Gasteiger partial charge in [-0.25, -0.2) is 14.7 Å². The number of nitrogens with zero attached hydrogens (tertiary/aromatic N) is 5. The summed E-state index contributed by atoms with van der Waals surface area (Å²) in [6, 6.07) is 7.33. The van der Waals surface area contributed by atoms with Crippen LogP contribution in [0.5, 0.6) is 0 Å². The second kappa shape index (κ2) is 7.52. The highest BCUT2D eigenvalue weighted by Crippen LogP contribution is 2.58. The Labute approximate surface area is 187 Å². The van der Waals surface area contributed by atoms with E-state index in [1.54, 1.807) is 24.3 Å². The summed E-state index contributed by atoms with van der Waals surface area (Å²) in [7, 11) is 0. The maximum absolute atomic E-state index is 13.5. The third-order valence-corrected chi connectivity index (χ3v) is 7.55. The molecule has 168 valence electrons. The fourth-order valence-corrected chi connectivity index (χ4v) is 6.32. The molecule has 8 heteroatoms. The molecule has 3 heterocycles. The first-order chi connectivity index (χ1) is 15.2. The number of aromatic carboxylic acids is 1. The zero-order valence-corrected chi connectivity index (χ0v) is 18.9. The molecule has 1 aromatic heterocycles. The number of benzene rings is 1. The fraction of sp³-hybridized carbons (Fsp3) is 0.542. The Bertz CT molecular complexity index is 1200. The van der Waals surface area contributed by atoms with Crippen molar-refractivity contribution in [3.8, 4) is 6.57 Å². The Hall–Kier alpha value is -3.05. The minimum Gasteiger partial charge on any atom is -0.476 e. The van der Waals surface area contributed by atoms with Gasteiger partial charge >= 0.3 is 11.6 Å². The Morgan fingerprint density at radius 2 is 2.00 bits per heavy atom. The smallest absolute Gasteiger partial charge is 0.360 e. The van der Waals surface area contributed by atoms with Crippen LogP contribution in [-0.2, 0) is 5.66 Å². The van der Waals surface area contributed by atoms with Crippen molar-refractivity contribution in [1.29, 1.82) is 0 Å². The van der Waals surface area contributed by atoms with Gasteiger partial charge in [-0.2, -0.15) is 0 Å². The number of carbonyl (C=O) groups is 1. The van der Waals surface area contributed by atoms with Gasteiger partial charge in [-0.15, -0.1) is 0 Å². The molecule has 2 bridgehead atoms. The third kappa shape index (κ3) is 2.91. The van der Waals surface area contributed by atoms with Gasteiger partial charge in [-0.3, -0.25) is 14.4 Å². The van der Waals surface area contributed by atoms with Crippen LogP contribution < -0.4 is 5.56 Å². The number of carboxylic acids is 1. The van der Waals surface area contributed by atoms with Crippen LogP contribution in [0.3, 0.4) is 0 Å². The second-order valence-corrected chi connectivity index (χ2v) is 9.34. The maximum Gasteiger partial charge on any atom is 0.360 e. The van der Waals surface area contributed by atoms with Crippen LogP contribution in [0.15, 0.2) is 34.1 Å². The molecular weight excluding hydrogens is 406 g/mol. The molecule has 4 rings (SSSR count). The lowest BCUT2D eigenvalue weighted by molar-refractivity contribution is -0.0664. The summed E-state index contributed by atoms with van der Waals surface area (Å²) in [6.07, 6.45) is 4.37. The highest BCUT2D eigenvalue weighted by Gasteiger charge is 2.70. The van der Waals surface area contributed by atoms with Crippen molar-refractivity contribution in [3.05, 3.63) is 45.2 Å². The molecule has 0 aliphatic carbocycles. The van der Waals surface area contributed by atoms with E-state index >= 15 is 0 Å². The topological polar surface area (TPSA) is 92.1 Å². The average molecular weight is 437 g/mol. The van der Waals surface area contributed by atoms with Crippen LogP contribution in [0.2, 0.25) is 0 Å². The highest BCUT2D eigenvalue weighted by molar-refractivity contribution is 5.88. The third-order valence-electron chi connectivity index (χ3n) is 7.55. The number of aromatic nitrogens is 2. The van der Waals surface area contributed by atoms with Crippen LogP contribution in [0.25, 0.3) is 15.9 Å². The minimum atomic E-state index is -1.37. The van der Waals surface area contributed by atoms with E-state index < -0.39 is 28.5 Å². The van der Waals surface area contributed by atoms with Crippen molar-refractivity contribution >= 4 is 23.7 Å². The molecule has 2 aliphatic heterocycles. The Balaban J connectivity index is 2.02. The maximum atomic E-state index is 13.5. The number of para-hydroxylation sites is 2. The Morgan fingerprint density at radius 3 is 2.59 bits per heavy atom. The van der Waals surface area contributed by atoms with Gasteiger partial charge in [-0.05, 0) is 45.0 Å². The van der Waals surface area contributed by atoms with Crippen molar-refractivity contribution in [1.82, 2.24) is 14.5 Å². The molecule has 1 N–H and O–H groups in total. The lowest BCUT2D eigenvalue weighted by Crippen LogP contribution is -2.65. The van der Waals surface area contributed by atoms with E-state index in [2.05, 4.69) is 47.2 Å². The predicted octanol–water partition coefficient (Wildman–Crippen LogP) is 3.94. The SMILES string of the molecule is C#[N+][C@@]12CC[C@@](C)(C[C@@](N=C)(n3c(=O)c(C(=O)O)nc4ccccc43)C1)N2C(CC)CC. The number of aliphatic imine (C=N–C) groups is 1. The van der Waals surface area contributed by atoms with E-state index in [-0.39, 0.29) is 11.6 Å². The molecule has 3 atom stereocenters. The highest BCUT2D eigenvalue weighted by atomic mass is 16.4. The first kappa shape index (κ1) is 22.2. The van der Waals surface area contributed by atoms with Crippen molar-refractivity contribution in [2.45, 2.75) is 82.2 Å². The van der Waals surface area contributed by atoms with Gasteiger partial charge in [0.1, 0.15) is 5.66 Å². The number of fused-ring (bicyclic) bond motifs is 3. The quantitative estimate of drug-likeness (QED) is 0.693. The number of rotatable bonds is 6. The van der Waals surface area contributed by atoms with Gasteiger partial charge in [0, 0.05) is 24.4 Å². The molecule has 32 heavy (non-hydrogen) atoms. The van der Waals surface area contributed by atoms with Gasteiger partial charge in [0.25, 0.3) is 12.1 Å².